The Kier molecular flexibility index (Phi) is 5.89. The van der Waals surface area contributed by atoms with Gasteiger partial charge in [0.25, 0.3) is 11.6 Å². The highest BCUT2D eigenvalue weighted by Gasteiger charge is 2.16. The Morgan fingerprint density at radius 2 is 1.96 bits per heavy atom. The minimum atomic E-state index is -0.818. The summed E-state index contributed by atoms with van der Waals surface area (Å²) in [5.74, 6) is -0.256. The summed E-state index contributed by atoms with van der Waals surface area (Å²) in [5.41, 5.74) is 0.0921. The molecule has 0 aromatic heterocycles. The number of carbonyl (C=O) groups excluding carboxylic acids is 1. The van der Waals surface area contributed by atoms with Gasteiger partial charge < -0.3 is 14.8 Å². The van der Waals surface area contributed by atoms with Crippen LogP contribution in [0.5, 0.6) is 11.5 Å². The predicted molar refractivity (Wildman–Crippen MR) is 88.6 cm³/mol. The van der Waals surface area contributed by atoms with Crippen molar-refractivity contribution in [1.82, 2.24) is 5.32 Å². The molecule has 1 amide bonds. The Hall–Kier alpha value is -3.16. The quantitative estimate of drug-likeness (QED) is 0.614. The molecule has 2 aromatic carbocycles. The van der Waals surface area contributed by atoms with E-state index >= 15 is 0 Å². The van der Waals surface area contributed by atoms with Crippen LogP contribution in [0.4, 0.5) is 10.1 Å². The highest BCUT2D eigenvalue weighted by molar-refractivity contribution is 5.95. The molecule has 7 nitrogen and oxygen atoms in total. The molecule has 0 aliphatic rings. The molecular formula is C17H17FN2O5. The molecule has 0 aliphatic heterocycles. The van der Waals surface area contributed by atoms with Gasteiger partial charge in [0.05, 0.1) is 24.7 Å². The van der Waals surface area contributed by atoms with Gasteiger partial charge in [-0.25, -0.2) is 4.39 Å². The zero-order chi connectivity index (χ0) is 18.4. The van der Waals surface area contributed by atoms with Crippen molar-refractivity contribution in [2.45, 2.75) is 6.42 Å². The number of benzene rings is 2. The number of nitrogens with zero attached hydrogens (tertiary/aromatic N) is 1. The third kappa shape index (κ3) is 4.43. The smallest absolute Gasteiger partial charge is 0.270 e. The molecule has 132 valence electrons. The van der Waals surface area contributed by atoms with Crippen molar-refractivity contribution in [2.24, 2.45) is 0 Å². The summed E-state index contributed by atoms with van der Waals surface area (Å²) >= 11 is 0. The molecule has 0 aliphatic carbocycles. The average molecular weight is 348 g/mol. The number of carbonyl (C=O) groups is 1. The van der Waals surface area contributed by atoms with Crippen LogP contribution in [-0.2, 0) is 6.42 Å². The Balaban J connectivity index is 2.06. The highest BCUT2D eigenvalue weighted by atomic mass is 19.1. The molecule has 1 N–H and O–H groups in total. The van der Waals surface area contributed by atoms with Gasteiger partial charge in [-0.2, -0.15) is 0 Å². The summed E-state index contributed by atoms with van der Waals surface area (Å²) in [6.07, 6.45) is 0.419. The molecule has 0 fully saturated rings. The van der Waals surface area contributed by atoms with Crippen LogP contribution in [0.3, 0.4) is 0 Å². The molecule has 0 bridgehead atoms. The lowest BCUT2D eigenvalue weighted by Gasteiger charge is -2.11. The van der Waals surface area contributed by atoms with E-state index in [4.69, 9.17) is 9.47 Å². The first-order valence-electron chi connectivity index (χ1n) is 7.39. The van der Waals surface area contributed by atoms with Crippen LogP contribution in [0.2, 0.25) is 0 Å². The van der Waals surface area contributed by atoms with Crippen LogP contribution in [0, 0.1) is 15.9 Å². The average Bonchev–Trinajstić information content (AvgIpc) is 2.61. The van der Waals surface area contributed by atoms with Gasteiger partial charge in [-0.15, -0.1) is 0 Å². The molecular weight excluding hydrogens is 331 g/mol. The van der Waals surface area contributed by atoms with Crippen LogP contribution in [0.25, 0.3) is 0 Å². The fourth-order valence-electron chi connectivity index (χ4n) is 2.28. The summed E-state index contributed by atoms with van der Waals surface area (Å²) in [4.78, 5) is 22.1. The number of halogens is 1. The van der Waals surface area contributed by atoms with Gasteiger partial charge in [0, 0.05) is 18.7 Å². The number of rotatable bonds is 7. The first-order chi connectivity index (χ1) is 12.0. The van der Waals surface area contributed by atoms with Crippen molar-refractivity contribution in [1.29, 1.82) is 0 Å². The lowest BCUT2D eigenvalue weighted by Crippen LogP contribution is -2.26. The van der Waals surface area contributed by atoms with E-state index in [9.17, 15) is 19.3 Å². The zero-order valence-electron chi connectivity index (χ0n) is 13.7. The van der Waals surface area contributed by atoms with Crippen LogP contribution in [0.15, 0.2) is 36.4 Å². The highest BCUT2D eigenvalue weighted by Crippen LogP contribution is 2.24. The van der Waals surface area contributed by atoms with E-state index in [1.54, 1.807) is 25.3 Å². The second-order valence-electron chi connectivity index (χ2n) is 5.10. The molecule has 0 radical (unpaired) electrons. The Morgan fingerprint density at radius 1 is 1.20 bits per heavy atom. The largest absolute Gasteiger partial charge is 0.497 e. The van der Waals surface area contributed by atoms with E-state index in [2.05, 4.69) is 5.32 Å². The molecule has 0 saturated carbocycles. The predicted octanol–water partition coefficient (Wildman–Crippen LogP) is 2.72. The van der Waals surface area contributed by atoms with Gasteiger partial charge >= 0.3 is 0 Å². The minimum absolute atomic E-state index is 0.199. The van der Waals surface area contributed by atoms with Crippen LogP contribution >= 0.6 is 0 Å². The zero-order valence-corrected chi connectivity index (χ0v) is 13.7. The number of amides is 1. The summed E-state index contributed by atoms with van der Waals surface area (Å²) in [6, 6.07) is 8.09. The van der Waals surface area contributed by atoms with Crippen LogP contribution in [0.1, 0.15) is 15.9 Å². The number of non-ortho nitro benzene ring substituents is 1. The van der Waals surface area contributed by atoms with Gasteiger partial charge in [0.2, 0.25) is 0 Å². The molecule has 0 unspecified atom stereocenters. The summed E-state index contributed by atoms with van der Waals surface area (Å²) in [7, 11) is 3.07. The van der Waals surface area contributed by atoms with Crippen molar-refractivity contribution in [3.8, 4) is 11.5 Å². The van der Waals surface area contributed by atoms with Crippen molar-refractivity contribution < 1.29 is 23.6 Å². The molecule has 2 rings (SSSR count). The van der Waals surface area contributed by atoms with Gasteiger partial charge in [-0.3, -0.25) is 14.9 Å². The minimum Gasteiger partial charge on any atom is -0.497 e. The molecule has 8 heteroatoms. The number of ether oxygens (including phenoxy) is 2. The van der Waals surface area contributed by atoms with Gasteiger partial charge in [-0.1, -0.05) is 0 Å². The van der Waals surface area contributed by atoms with E-state index < -0.39 is 16.6 Å². The molecule has 25 heavy (non-hydrogen) atoms. The van der Waals surface area contributed by atoms with Crippen LogP contribution < -0.4 is 14.8 Å². The second-order valence-corrected chi connectivity index (χ2v) is 5.10. The SMILES string of the molecule is COc1ccc(OC)c(CCNC(=O)c2cc([N+](=O)[O-])ccc2F)c1. The van der Waals surface area contributed by atoms with Crippen molar-refractivity contribution in [3.63, 3.8) is 0 Å². The van der Waals surface area contributed by atoms with E-state index in [-0.39, 0.29) is 17.8 Å². The number of nitrogens with one attached hydrogen (secondary N) is 1. The number of hydrogen-bond acceptors (Lipinski definition) is 5. The summed E-state index contributed by atoms with van der Waals surface area (Å²) in [5, 5.41) is 13.3. The Morgan fingerprint density at radius 3 is 2.60 bits per heavy atom. The van der Waals surface area contributed by atoms with E-state index in [1.807, 2.05) is 0 Å². The Labute approximate surface area is 143 Å². The Bertz CT molecular complexity index is 795. The van der Waals surface area contributed by atoms with Gasteiger partial charge in [0.15, 0.2) is 0 Å². The lowest BCUT2D eigenvalue weighted by molar-refractivity contribution is -0.384. The van der Waals surface area contributed by atoms with Gasteiger partial charge in [0.1, 0.15) is 17.3 Å². The third-order valence-electron chi connectivity index (χ3n) is 3.57. The maximum Gasteiger partial charge on any atom is 0.270 e. The maximum absolute atomic E-state index is 13.7. The third-order valence-corrected chi connectivity index (χ3v) is 3.57. The summed E-state index contributed by atoms with van der Waals surface area (Å²) in [6.45, 7) is 0.199. The molecule has 0 atom stereocenters. The van der Waals surface area contributed by atoms with E-state index in [1.165, 1.54) is 7.11 Å². The second kappa shape index (κ2) is 8.09. The van der Waals surface area contributed by atoms with Crippen molar-refractivity contribution >= 4 is 11.6 Å². The van der Waals surface area contributed by atoms with E-state index in [0.29, 0.717) is 17.9 Å². The normalized spacial score (nSPS) is 10.2. The maximum atomic E-state index is 13.7. The number of methoxy groups -OCH3 is 2. The fourth-order valence-corrected chi connectivity index (χ4v) is 2.28. The van der Waals surface area contributed by atoms with Crippen LogP contribution in [-0.4, -0.2) is 31.6 Å². The standard InChI is InChI=1S/C17H17FN2O5/c1-24-13-4-6-16(25-2)11(9-13)7-8-19-17(21)14-10-12(20(22)23)3-5-15(14)18/h3-6,9-10H,7-8H2,1-2H3,(H,19,21). The lowest BCUT2D eigenvalue weighted by atomic mass is 10.1. The first-order valence-corrected chi connectivity index (χ1v) is 7.39. The molecule has 0 spiro atoms. The summed E-state index contributed by atoms with van der Waals surface area (Å²) < 4.78 is 24.1. The van der Waals surface area contributed by atoms with Crippen molar-refractivity contribution in [3.05, 3.63) is 63.5 Å². The monoisotopic (exact) mass is 348 g/mol. The number of nitro groups is 1. The topological polar surface area (TPSA) is 90.7 Å². The van der Waals surface area contributed by atoms with Gasteiger partial charge in [-0.05, 0) is 36.2 Å². The molecule has 0 saturated heterocycles. The number of nitro benzene ring substituents is 1. The molecule has 2 aromatic rings. The van der Waals surface area contributed by atoms with Crippen molar-refractivity contribution in [2.75, 3.05) is 20.8 Å². The van der Waals surface area contributed by atoms with E-state index in [0.717, 1.165) is 23.8 Å². The fraction of sp³-hybridized carbons (Fsp3) is 0.235. The first kappa shape index (κ1) is 18.2. The molecule has 0 heterocycles. The number of hydrogen-bond donors (Lipinski definition) is 1.